The normalized spacial score (nSPS) is 38.8. The van der Waals surface area contributed by atoms with Crippen LogP contribution in [0.15, 0.2) is 12.1 Å². The fraction of sp³-hybridized carbons (Fsp3) is 0.632. The van der Waals surface area contributed by atoms with Crippen molar-refractivity contribution in [3.63, 3.8) is 0 Å². The summed E-state index contributed by atoms with van der Waals surface area (Å²) in [7, 11) is 1.81. The maximum Gasteiger partial charge on any atom is 0.123 e. The van der Waals surface area contributed by atoms with Crippen molar-refractivity contribution >= 4 is 0 Å². The van der Waals surface area contributed by atoms with Crippen LogP contribution in [0.25, 0.3) is 0 Å². The van der Waals surface area contributed by atoms with Crippen molar-refractivity contribution in [3.8, 4) is 5.75 Å². The molecule has 0 aliphatic heterocycles. The molecule has 1 nitrogen and oxygen atoms in total. The van der Waals surface area contributed by atoms with Gasteiger partial charge in [0.25, 0.3) is 0 Å². The first-order chi connectivity index (χ1) is 9.73. The summed E-state index contributed by atoms with van der Waals surface area (Å²) in [5.41, 5.74) is 3.54. The van der Waals surface area contributed by atoms with E-state index in [0.29, 0.717) is 5.41 Å². The van der Waals surface area contributed by atoms with E-state index in [2.05, 4.69) is 25.5 Å². The van der Waals surface area contributed by atoms with Crippen molar-refractivity contribution in [1.82, 2.24) is 0 Å². The van der Waals surface area contributed by atoms with Crippen LogP contribution >= 0.6 is 0 Å². The summed E-state index contributed by atoms with van der Waals surface area (Å²) >= 11 is 0. The first-order valence-corrected chi connectivity index (χ1v) is 8.14. The van der Waals surface area contributed by atoms with Crippen LogP contribution in [0.4, 0.5) is 0 Å². The average Bonchev–Trinajstić information content (AvgIpc) is 2.88. The minimum atomic E-state index is 0.521. The van der Waals surface area contributed by atoms with Crippen LogP contribution in [0.5, 0.6) is 5.75 Å². The number of ether oxygens (including phenoxy) is 1. The van der Waals surface area contributed by atoms with Gasteiger partial charge in [0, 0.05) is 5.56 Å². The molecule has 0 bridgehead atoms. The summed E-state index contributed by atoms with van der Waals surface area (Å²) in [4.78, 5) is 0. The zero-order valence-electron chi connectivity index (χ0n) is 12.6. The van der Waals surface area contributed by atoms with E-state index in [1.165, 1.54) is 49.7 Å². The Labute approximate surface area is 122 Å². The predicted octanol–water partition coefficient (Wildman–Crippen LogP) is 4.56. The first kappa shape index (κ1) is 12.7. The highest BCUT2D eigenvalue weighted by Crippen LogP contribution is 2.61. The number of aryl methyl sites for hydroxylation is 1. The van der Waals surface area contributed by atoms with Crippen molar-refractivity contribution in [2.45, 2.75) is 51.4 Å². The molecule has 0 spiro atoms. The lowest BCUT2D eigenvalue weighted by atomic mass is 9.56. The summed E-state index contributed by atoms with van der Waals surface area (Å²) in [5, 5.41) is 0. The summed E-state index contributed by atoms with van der Waals surface area (Å²) in [5.74, 6) is 3.59. The van der Waals surface area contributed by atoms with Gasteiger partial charge in [0.15, 0.2) is 0 Å². The largest absolute Gasteiger partial charge is 0.496 e. The minimum Gasteiger partial charge on any atom is -0.496 e. The Hall–Kier alpha value is -0.980. The molecule has 1 heteroatoms. The van der Waals surface area contributed by atoms with E-state index < -0.39 is 0 Å². The first-order valence-electron chi connectivity index (χ1n) is 8.14. The van der Waals surface area contributed by atoms with Crippen LogP contribution in [0, 0.1) is 29.7 Å². The number of hydrogen-bond acceptors (Lipinski definition) is 1. The molecule has 2 fully saturated rings. The molecule has 1 aromatic carbocycles. The van der Waals surface area contributed by atoms with E-state index in [-0.39, 0.29) is 0 Å². The Morgan fingerprint density at radius 3 is 3.00 bits per heavy atom. The molecule has 1 aromatic rings. The van der Waals surface area contributed by atoms with Crippen LogP contribution in [0.1, 0.15) is 56.1 Å². The molecule has 2 radical (unpaired) electrons. The number of methoxy groups -OCH3 is 1. The molecule has 4 atom stereocenters. The lowest BCUT2D eigenvalue weighted by Gasteiger charge is -2.49. The van der Waals surface area contributed by atoms with Crippen molar-refractivity contribution in [1.29, 1.82) is 0 Å². The topological polar surface area (TPSA) is 9.23 Å². The molecule has 0 unspecified atom stereocenters. The summed E-state index contributed by atoms with van der Waals surface area (Å²) < 4.78 is 5.66. The summed E-state index contributed by atoms with van der Waals surface area (Å²) in [6.07, 6.45) is 10.6. The van der Waals surface area contributed by atoms with Gasteiger partial charge in [-0.05, 0) is 85.8 Å². The van der Waals surface area contributed by atoms with E-state index in [1.807, 2.05) is 13.2 Å². The highest BCUT2D eigenvalue weighted by molar-refractivity contribution is 5.45. The van der Waals surface area contributed by atoms with Crippen molar-refractivity contribution in [2.24, 2.45) is 17.3 Å². The molecule has 4 rings (SSSR count). The standard InChI is InChI=1S/C19H24O/c1-19-11-4-6-16(19)14-9-8-13-5-3-7-17(20-2)18(13)15(14)10-12-19/h5,7,11,14-16H,4,6,8-10,12H2,1-2H3/t14-,15+,16+,19+/m1/s1. The molecule has 2 saturated carbocycles. The fourth-order valence-electron chi connectivity index (χ4n) is 5.44. The Balaban J connectivity index is 1.76. The molecule has 3 aliphatic rings. The van der Waals surface area contributed by atoms with Gasteiger partial charge in [-0.3, -0.25) is 0 Å². The lowest BCUT2D eigenvalue weighted by Crippen LogP contribution is -2.39. The Kier molecular flexibility index (Phi) is 2.87. The lowest BCUT2D eigenvalue weighted by molar-refractivity contribution is 0.0784. The number of hydrogen-bond donors (Lipinski definition) is 0. The summed E-state index contributed by atoms with van der Waals surface area (Å²) in [6.45, 7) is 2.51. The third kappa shape index (κ3) is 1.68. The second kappa shape index (κ2) is 4.51. The molecule has 0 amide bonds. The van der Waals surface area contributed by atoms with Gasteiger partial charge in [-0.15, -0.1) is 0 Å². The SMILES string of the molecule is COc1c[c]cc2c1[C@H]1CC[C@]3(C)[CH]CC[C@H]3[C@@H]1CC2. The zero-order valence-corrected chi connectivity index (χ0v) is 12.6. The molecular weight excluding hydrogens is 244 g/mol. The van der Waals surface area contributed by atoms with Gasteiger partial charge < -0.3 is 4.74 Å². The fourth-order valence-corrected chi connectivity index (χ4v) is 5.44. The Morgan fingerprint density at radius 2 is 2.15 bits per heavy atom. The van der Waals surface area contributed by atoms with Crippen molar-refractivity contribution < 1.29 is 4.74 Å². The quantitative estimate of drug-likeness (QED) is 0.725. The van der Waals surface area contributed by atoms with E-state index in [9.17, 15) is 0 Å². The van der Waals surface area contributed by atoms with Gasteiger partial charge in [0.1, 0.15) is 5.75 Å². The molecular formula is C19H24O. The number of fused-ring (bicyclic) bond motifs is 5. The van der Waals surface area contributed by atoms with Gasteiger partial charge >= 0.3 is 0 Å². The third-order valence-corrected chi connectivity index (χ3v) is 6.38. The second-order valence-electron chi connectivity index (χ2n) is 7.20. The van der Waals surface area contributed by atoms with E-state index in [1.54, 1.807) is 0 Å². The van der Waals surface area contributed by atoms with Gasteiger partial charge in [0.05, 0.1) is 7.11 Å². The smallest absolute Gasteiger partial charge is 0.123 e. The maximum atomic E-state index is 5.66. The highest BCUT2D eigenvalue weighted by atomic mass is 16.5. The molecule has 0 N–H and O–H groups in total. The molecule has 106 valence electrons. The van der Waals surface area contributed by atoms with Crippen LogP contribution in [0.2, 0.25) is 0 Å². The van der Waals surface area contributed by atoms with Crippen LogP contribution in [0.3, 0.4) is 0 Å². The van der Waals surface area contributed by atoms with Crippen LogP contribution < -0.4 is 4.74 Å². The Bertz CT molecular complexity index is 506. The zero-order chi connectivity index (χ0) is 13.7. The molecule has 0 heterocycles. The van der Waals surface area contributed by atoms with Gasteiger partial charge in [-0.25, -0.2) is 0 Å². The van der Waals surface area contributed by atoms with E-state index in [4.69, 9.17) is 4.74 Å². The molecule has 3 aliphatic carbocycles. The molecule has 0 saturated heterocycles. The maximum absolute atomic E-state index is 5.66. The van der Waals surface area contributed by atoms with Gasteiger partial charge in [-0.2, -0.15) is 0 Å². The second-order valence-corrected chi connectivity index (χ2v) is 7.20. The summed E-state index contributed by atoms with van der Waals surface area (Å²) in [6, 6.07) is 7.49. The minimum absolute atomic E-state index is 0.521. The predicted molar refractivity (Wildman–Crippen MR) is 80.7 cm³/mol. The van der Waals surface area contributed by atoms with Gasteiger partial charge in [-0.1, -0.05) is 13.0 Å². The number of benzene rings is 1. The Morgan fingerprint density at radius 1 is 1.25 bits per heavy atom. The van der Waals surface area contributed by atoms with Crippen LogP contribution in [-0.2, 0) is 6.42 Å². The highest BCUT2D eigenvalue weighted by Gasteiger charge is 2.50. The monoisotopic (exact) mass is 268 g/mol. The molecule has 20 heavy (non-hydrogen) atoms. The van der Waals surface area contributed by atoms with Crippen molar-refractivity contribution in [2.75, 3.05) is 7.11 Å². The van der Waals surface area contributed by atoms with E-state index >= 15 is 0 Å². The van der Waals surface area contributed by atoms with Crippen molar-refractivity contribution in [3.05, 3.63) is 35.7 Å². The third-order valence-electron chi connectivity index (χ3n) is 6.38. The number of rotatable bonds is 1. The van der Waals surface area contributed by atoms with E-state index in [0.717, 1.165) is 23.5 Å². The van der Waals surface area contributed by atoms with Gasteiger partial charge in [0.2, 0.25) is 0 Å². The molecule has 0 aromatic heterocycles. The average molecular weight is 268 g/mol. The van der Waals surface area contributed by atoms with Crippen LogP contribution in [-0.4, -0.2) is 7.11 Å².